The maximum Gasteiger partial charge on any atom is 0.00982 e. The van der Waals surface area contributed by atoms with Crippen molar-refractivity contribution < 1.29 is 0 Å². The van der Waals surface area contributed by atoms with Gasteiger partial charge in [-0.1, -0.05) is 34.6 Å². The molecular weight excluding hydrogens is 170 g/mol. The second-order valence-corrected chi connectivity index (χ2v) is 4.13. The summed E-state index contributed by atoms with van der Waals surface area (Å²) in [5.74, 6) is 0.994. The minimum Gasteiger partial charge on any atom is -0.300 e. The highest BCUT2D eigenvalue weighted by Gasteiger charge is 2.36. The molecule has 0 amide bonds. The molecule has 2 saturated heterocycles. The van der Waals surface area contributed by atoms with Gasteiger partial charge in [0, 0.05) is 12.1 Å². The normalized spacial score (nSPS) is 35.1. The fourth-order valence-electron chi connectivity index (χ4n) is 2.68. The summed E-state index contributed by atoms with van der Waals surface area (Å²) < 4.78 is 0. The summed E-state index contributed by atoms with van der Waals surface area (Å²) in [7, 11) is 2.30. The first-order valence-electron chi connectivity index (χ1n) is 6.49. The molecule has 0 spiro atoms. The van der Waals surface area contributed by atoms with E-state index in [0.29, 0.717) is 0 Å². The van der Waals surface area contributed by atoms with Crippen LogP contribution in [0.15, 0.2) is 0 Å². The van der Waals surface area contributed by atoms with Crippen LogP contribution in [0.25, 0.3) is 0 Å². The van der Waals surface area contributed by atoms with Gasteiger partial charge in [0.15, 0.2) is 0 Å². The molecule has 1 nitrogen and oxygen atoms in total. The minimum absolute atomic E-state index is 0.939. The lowest BCUT2D eigenvalue weighted by molar-refractivity contribution is 0.142. The Morgan fingerprint density at radius 3 is 1.57 bits per heavy atom. The van der Waals surface area contributed by atoms with Crippen LogP contribution in [-0.4, -0.2) is 24.0 Å². The Labute approximate surface area is 90.9 Å². The van der Waals surface area contributed by atoms with Gasteiger partial charge in [0.2, 0.25) is 0 Å². The second-order valence-electron chi connectivity index (χ2n) is 4.13. The summed E-state index contributed by atoms with van der Waals surface area (Å²) in [5, 5.41) is 0. The van der Waals surface area contributed by atoms with E-state index in [1.54, 1.807) is 0 Å². The Morgan fingerprint density at radius 1 is 0.857 bits per heavy atom. The van der Waals surface area contributed by atoms with Gasteiger partial charge >= 0.3 is 0 Å². The number of piperidine rings is 1. The van der Waals surface area contributed by atoms with Gasteiger partial charge in [0.1, 0.15) is 0 Å². The monoisotopic (exact) mass is 199 g/mol. The molecule has 2 fully saturated rings. The molecule has 2 aliphatic heterocycles. The zero-order valence-corrected chi connectivity index (χ0v) is 11.0. The van der Waals surface area contributed by atoms with E-state index in [0.717, 1.165) is 18.0 Å². The summed E-state index contributed by atoms with van der Waals surface area (Å²) in [6.45, 7) is 10.4. The van der Waals surface area contributed by atoms with Crippen LogP contribution in [0.3, 0.4) is 0 Å². The third-order valence-corrected chi connectivity index (χ3v) is 3.33. The number of fused-ring (bicyclic) bond motifs is 2. The van der Waals surface area contributed by atoms with E-state index >= 15 is 0 Å². The third-order valence-electron chi connectivity index (χ3n) is 3.33. The molecule has 1 heteroatoms. The van der Waals surface area contributed by atoms with Crippen LogP contribution in [-0.2, 0) is 0 Å². The summed E-state index contributed by atoms with van der Waals surface area (Å²) >= 11 is 0. The van der Waals surface area contributed by atoms with Crippen molar-refractivity contribution in [3.8, 4) is 0 Å². The van der Waals surface area contributed by atoms with Gasteiger partial charge in [-0.15, -0.1) is 0 Å². The van der Waals surface area contributed by atoms with E-state index in [9.17, 15) is 0 Å². The van der Waals surface area contributed by atoms with E-state index in [2.05, 4.69) is 18.9 Å². The molecule has 2 bridgehead atoms. The summed E-state index contributed by atoms with van der Waals surface area (Å²) in [5.41, 5.74) is 0. The lowest BCUT2D eigenvalue weighted by atomic mass is 9.93. The molecular formula is C13H29N. The second kappa shape index (κ2) is 7.28. The molecule has 0 N–H and O–H groups in total. The Morgan fingerprint density at radius 2 is 1.21 bits per heavy atom. The predicted molar refractivity (Wildman–Crippen MR) is 65.7 cm³/mol. The van der Waals surface area contributed by atoms with Crippen LogP contribution >= 0.6 is 0 Å². The van der Waals surface area contributed by atoms with Gasteiger partial charge < -0.3 is 4.90 Å². The first-order valence-corrected chi connectivity index (χ1v) is 6.49. The quantitative estimate of drug-likeness (QED) is 0.571. The maximum absolute atomic E-state index is 2.60. The zero-order valence-electron chi connectivity index (χ0n) is 11.0. The molecule has 0 aromatic heterocycles. The highest BCUT2D eigenvalue weighted by atomic mass is 15.2. The van der Waals surface area contributed by atoms with Gasteiger partial charge in [-0.3, -0.25) is 0 Å². The van der Waals surface area contributed by atoms with Crippen molar-refractivity contribution in [1.82, 2.24) is 4.90 Å². The Kier molecular flexibility index (Phi) is 7.26. The van der Waals surface area contributed by atoms with Crippen LogP contribution in [0, 0.1) is 5.92 Å². The Bertz CT molecular complexity index is 119. The molecule has 0 saturated carbocycles. The van der Waals surface area contributed by atoms with E-state index in [-0.39, 0.29) is 0 Å². The SMILES string of the molecule is CC.CC.CC1C[C@H]2CC[C@@H](C1)N2C. The van der Waals surface area contributed by atoms with Crippen molar-refractivity contribution in [3.05, 3.63) is 0 Å². The molecule has 1 unspecified atom stereocenters. The molecule has 2 aliphatic rings. The summed E-state index contributed by atoms with van der Waals surface area (Å²) in [6.07, 6.45) is 5.83. The Hall–Kier alpha value is -0.0400. The van der Waals surface area contributed by atoms with Gasteiger partial charge in [-0.25, -0.2) is 0 Å². The smallest absolute Gasteiger partial charge is 0.00982 e. The van der Waals surface area contributed by atoms with Gasteiger partial charge in [-0.05, 0) is 38.6 Å². The van der Waals surface area contributed by atoms with Gasteiger partial charge in [0.05, 0.1) is 0 Å². The average Bonchev–Trinajstić information content (AvgIpc) is 2.46. The molecule has 2 heterocycles. The van der Waals surface area contributed by atoms with E-state index < -0.39 is 0 Å². The maximum atomic E-state index is 2.60. The minimum atomic E-state index is 0.939. The van der Waals surface area contributed by atoms with Crippen LogP contribution in [0.2, 0.25) is 0 Å². The first-order chi connectivity index (χ1) is 6.77. The van der Waals surface area contributed by atoms with Crippen molar-refractivity contribution in [2.45, 2.75) is 72.4 Å². The summed E-state index contributed by atoms with van der Waals surface area (Å²) in [6, 6.07) is 1.88. The van der Waals surface area contributed by atoms with Crippen molar-refractivity contribution in [2.24, 2.45) is 5.92 Å². The standard InChI is InChI=1S/C9H17N.2C2H6/c1-7-5-8-3-4-9(6-7)10(8)2;2*1-2/h7-9H,3-6H2,1-2H3;2*1-2H3/t7?,8-,9+;;. The highest BCUT2D eigenvalue weighted by molar-refractivity contribution is 4.91. The van der Waals surface area contributed by atoms with E-state index in [1.807, 2.05) is 27.7 Å². The largest absolute Gasteiger partial charge is 0.300 e. The van der Waals surface area contributed by atoms with Crippen molar-refractivity contribution >= 4 is 0 Å². The molecule has 86 valence electrons. The van der Waals surface area contributed by atoms with Gasteiger partial charge in [-0.2, -0.15) is 0 Å². The average molecular weight is 199 g/mol. The molecule has 3 atom stereocenters. The predicted octanol–water partition coefficient (Wildman–Crippen LogP) is 3.93. The molecule has 0 aromatic carbocycles. The van der Waals surface area contributed by atoms with E-state index in [1.165, 1.54) is 25.7 Å². The lowest BCUT2D eigenvalue weighted by Crippen LogP contribution is -2.39. The fraction of sp³-hybridized carbons (Fsp3) is 1.00. The molecule has 0 radical (unpaired) electrons. The number of hydrogen-bond acceptors (Lipinski definition) is 1. The zero-order chi connectivity index (χ0) is 11.1. The molecule has 0 aliphatic carbocycles. The van der Waals surface area contributed by atoms with Crippen LogP contribution < -0.4 is 0 Å². The van der Waals surface area contributed by atoms with E-state index in [4.69, 9.17) is 0 Å². The highest BCUT2D eigenvalue weighted by Crippen LogP contribution is 2.36. The number of nitrogens with zero attached hydrogens (tertiary/aromatic N) is 1. The number of hydrogen-bond donors (Lipinski definition) is 0. The molecule has 14 heavy (non-hydrogen) atoms. The third kappa shape index (κ3) is 3.27. The van der Waals surface area contributed by atoms with Gasteiger partial charge in [0.25, 0.3) is 0 Å². The van der Waals surface area contributed by atoms with Crippen molar-refractivity contribution in [1.29, 1.82) is 0 Å². The topological polar surface area (TPSA) is 3.24 Å². The van der Waals surface area contributed by atoms with Crippen LogP contribution in [0.5, 0.6) is 0 Å². The summed E-state index contributed by atoms with van der Waals surface area (Å²) in [4.78, 5) is 2.60. The van der Waals surface area contributed by atoms with Crippen molar-refractivity contribution in [2.75, 3.05) is 7.05 Å². The molecule has 0 aromatic rings. The van der Waals surface area contributed by atoms with Crippen LogP contribution in [0.4, 0.5) is 0 Å². The molecule has 2 rings (SSSR count). The lowest BCUT2D eigenvalue weighted by Gasteiger charge is -2.34. The van der Waals surface area contributed by atoms with Crippen molar-refractivity contribution in [3.63, 3.8) is 0 Å². The number of rotatable bonds is 0. The fourth-order valence-corrected chi connectivity index (χ4v) is 2.68. The first kappa shape index (κ1) is 14.0. The van der Waals surface area contributed by atoms with Crippen LogP contribution in [0.1, 0.15) is 60.3 Å². The Balaban J connectivity index is 0.000000379.